The quantitative estimate of drug-likeness (QED) is 0.586. The number of nitrogens with one attached hydrogen (secondary N) is 2. The molecule has 0 heterocycles. The number of ether oxygens (including phenoxy) is 2. The van der Waals surface area contributed by atoms with Gasteiger partial charge >= 0.3 is 0 Å². The van der Waals surface area contributed by atoms with E-state index in [4.69, 9.17) is 21.7 Å². The number of thiocarbonyl (C=S) groups is 1. The van der Waals surface area contributed by atoms with Crippen molar-refractivity contribution in [2.24, 2.45) is 0 Å². The van der Waals surface area contributed by atoms with E-state index in [2.05, 4.69) is 10.6 Å². The van der Waals surface area contributed by atoms with E-state index in [0.29, 0.717) is 31.1 Å². The molecule has 2 aromatic rings. The number of amides is 1. The molecule has 6 heteroatoms. The first-order valence-electron chi connectivity index (χ1n) is 8.08. The molecule has 0 aliphatic rings. The maximum atomic E-state index is 12.2. The van der Waals surface area contributed by atoms with Gasteiger partial charge in [-0.2, -0.15) is 0 Å². The molecule has 25 heavy (non-hydrogen) atoms. The minimum atomic E-state index is -0.245. The lowest BCUT2D eigenvalue weighted by Gasteiger charge is -2.12. The number of rotatable bonds is 7. The summed E-state index contributed by atoms with van der Waals surface area (Å²) >= 11 is 5.21. The van der Waals surface area contributed by atoms with Gasteiger partial charge < -0.3 is 14.8 Å². The van der Waals surface area contributed by atoms with Gasteiger partial charge in [0.05, 0.1) is 6.61 Å². The van der Waals surface area contributed by atoms with Crippen molar-refractivity contribution in [1.29, 1.82) is 0 Å². The van der Waals surface area contributed by atoms with Gasteiger partial charge in [-0.15, -0.1) is 0 Å². The third-order valence-corrected chi connectivity index (χ3v) is 3.50. The third-order valence-electron chi connectivity index (χ3n) is 3.30. The first kappa shape index (κ1) is 18.9. The standard InChI is InChI=1S/C19H22N2O3S/c1-3-23-10-11-24-17-9-5-8-16(13-17)20-19(25)21-18(22)15-7-4-6-14(2)12-15/h4-9,12-13H,3,10-11H2,1-2H3,(H2,20,21,22,25). The van der Waals surface area contributed by atoms with Crippen LogP contribution in [0.5, 0.6) is 5.75 Å². The number of carbonyl (C=O) groups is 1. The zero-order valence-corrected chi connectivity index (χ0v) is 15.2. The van der Waals surface area contributed by atoms with E-state index in [-0.39, 0.29) is 11.0 Å². The van der Waals surface area contributed by atoms with Crippen LogP contribution in [0.4, 0.5) is 5.69 Å². The minimum absolute atomic E-state index is 0.234. The number of hydrogen-bond donors (Lipinski definition) is 2. The monoisotopic (exact) mass is 358 g/mol. The Labute approximate surface area is 153 Å². The number of benzene rings is 2. The second kappa shape index (κ2) is 9.76. The molecule has 0 fully saturated rings. The lowest BCUT2D eigenvalue weighted by atomic mass is 10.1. The summed E-state index contributed by atoms with van der Waals surface area (Å²) < 4.78 is 10.8. The van der Waals surface area contributed by atoms with Gasteiger partial charge in [0.2, 0.25) is 0 Å². The Kier molecular flexibility index (Phi) is 7.37. The fourth-order valence-corrected chi connectivity index (χ4v) is 2.36. The van der Waals surface area contributed by atoms with E-state index in [0.717, 1.165) is 11.3 Å². The zero-order valence-electron chi connectivity index (χ0n) is 14.4. The van der Waals surface area contributed by atoms with E-state index >= 15 is 0 Å². The Morgan fingerprint density at radius 2 is 1.92 bits per heavy atom. The lowest BCUT2D eigenvalue weighted by molar-refractivity contribution is 0.0977. The highest BCUT2D eigenvalue weighted by Gasteiger charge is 2.08. The average molecular weight is 358 g/mol. The maximum Gasteiger partial charge on any atom is 0.257 e. The largest absolute Gasteiger partial charge is 0.491 e. The molecule has 0 aliphatic carbocycles. The Balaban J connectivity index is 1.88. The normalized spacial score (nSPS) is 10.2. The van der Waals surface area contributed by atoms with Crippen molar-refractivity contribution in [2.75, 3.05) is 25.1 Å². The van der Waals surface area contributed by atoms with E-state index < -0.39 is 0 Å². The highest BCUT2D eigenvalue weighted by Crippen LogP contribution is 2.17. The van der Waals surface area contributed by atoms with Crippen LogP contribution in [0.15, 0.2) is 48.5 Å². The van der Waals surface area contributed by atoms with Crippen LogP contribution >= 0.6 is 12.2 Å². The lowest BCUT2D eigenvalue weighted by Crippen LogP contribution is -2.34. The molecule has 132 valence electrons. The SMILES string of the molecule is CCOCCOc1cccc(NC(=S)NC(=O)c2cccc(C)c2)c1. The summed E-state index contributed by atoms with van der Waals surface area (Å²) in [4.78, 5) is 12.2. The summed E-state index contributed by atoms with van der Waals surface area (Å²) in [5.41, 5.74) is 2.32. The molecule has 0 radical (unpaired) electrons. The van der Waals surface area contributed by atoms with Gasteiger partial charge in [0, 0.05) is 23.9 Å². The molecule has 2 rings (SSSR count). The van der Waals surface area contributed by atoms with Crippen molar-refractivity contribution >= 4 is 28.9 Å². The molecule has 0 unspecified atom stereocenters. The fraction of sp³-hybridized carbons (Fsp3) is 0.263. The van der Waals surface area contributed by atoms with Crippen LogP contribution in [0.2, 0.25) is 0 Å². The van der Waals surface area contributed by atoms with Gasteiger partial charge in [0.25, 0.3) is 5.91 Å². The van der Waals surface area contributed by atoms with Crippen molar-refractivity contribution in [1.82, 2.24) is 5.32 Å². The Morgan fingerprint density at radius 3 is 2.68 bits per heavy atom. The van der Waals surface area contributed by atoms with Crippen LogP contribution in [0, 0.1) is 6.92 Å². The number of hydrogen-bond acceptors (Lipinski definition) is 4. The van der Waals surface area contributed by atoms with Gasteiger partial charge in [0.15, 0.2) is 5.11 Å². The van der Waals surface area contributed by atoms with Gasteiger partial charge in [-0.05, 0) is 50.3 Å². The molecule has 2 N–H and O–H groups in total. The molecule has 0 atom stereocenters. The fourth-order valence-electron chi connectivity index (χ4n) is 2.15. The maximum absolute atomic E-state index is 12.2. The van der Waals surface area contributed by atoms with Crippen LogP contribution in [0.25, 0.3) is 0 Å². The smallest absolute Gasteiger partial charge is 0.257 e. The van der Waals surface area contributed by atoms with Crippen LogP contribution in [-0.2, 0) is 4.74 Å². The van der Waals surface area contributed by atoms with Gasteiger partial charge in [-0.1, -0.05) is 23.8 Å². The second-order valence-corrected chi connectivity index (χ2v) is 5.76. The van der Waals surface area contributed by atoms with E-state index in [1.807, 2.05) is 56.3 Å². The summed E-state index contributed by atoms with van der Waals surface area (Å²) in [5, 5.41) is 5.89. The van der Waals surface area contributed by atoms with Crippen molar-refractivity contribution in [3.8, 4) is 5.75 Å². The zero-order chi connectivity index (χ0) is 18.1. The third kappa shape index (κ3) is 6.52. The summed E-state index contributed by atoms with van der Waals surface area (Å²) in [6.07, 6.45) is 0. The Bertz CT molecular complexity index is 734. The summed E-state index contributed by atoms with van der Waals surface area (Å²) in [6.45, 7) is 5.56. The van der Waals surface area contributed by atoms with Crippen molar-refractivity contribution < 1.29 is 14.3 Å². The Morgan fingerprint density at radius 1 is 1.12 bits per heavy atom. The van der Waals surface area contributed by atoms with Crippen molar-refractivity contribution in [3.05, 3.63) is 59.7 Å². The summed E-state index contributed by atoms with van der Waals surface area (Å²) in [7, 11) is 0. The average Bonchev–Trinajstić information content (AvgIpc) is 2.59. The number of aryl methyl sites for hydroxylation is 1. The predicted octanol–water partition coefficient (Wildman–Crippen LogP) is 3.54. The molecule has 0 spiro atoms. The van der Waals surface area contributed by atoms with Gasteiger partial charge in [0.1, 0.15) is 12.4 Å². The summed E-state index contributed by atoms with van der Waals surface area (Å²) in [6, 6.07) is 14.7. The molecule has 0 saturated carbocycles. The highest BCUT2D eigenvalue weighted by atomic mass is 32.1. The molecular weight excluding hydrogens is 336 g/mol. The van der Waals surface area contributed by atoms with Gasteiger partial charge in [-0.3, -0.25) is 10.1 Å². The molecule has 0 bridgehead atoms. The molecule has 2 aromatic carbocycles. The minimum Gasteiger partial charge on any atom is -0.491 e. The molecule has 0 saturated heterocycles. The van der Waals surface area contributed by atoms with E-state index in [1.165, 1.54) is 0 Å². The molecule has 0 aromatic heterocycles. The molecule has 0 aliphatic heterocycles. The van der Waals surface area contributed by atoms with Gasteiger partial charge in [-0.25, -0.2) is 0 Å². The van der Waals surface area contributed by atoms with Crippen molar-refractivity contribution in [3.63, 3.8) is 0 Å². The number of anilines is 1. The Hall–Kier alpha value is -2.44. The van der Waals surface area contributed by atoms with Crippen LogP contribution in [0.1, 0.15) is 22.8 Å². The van der Waals surface area contributed by atoms with Crippen LogP contribution in [-0.4, -0.2) is 30.8 Å². The summed E-state index contributed by atoms with van der Waals surface area (Å²) in [5.74, 6) is 0.461. The van der Waals surface area contributed by atoms with Crippen LogP contribution in [0.3, 0.4) is 0 Å². The second-order valence-electron chi connectivity index (χ2n) is 5.35. The predicted molar refractivity (Wildman–Crippen MR) is 103 cm³/mol. The van der Waals surface area contributed by atoms with E-state index in [1.54, 1.807) is 6.07 Å². The topological polar surface area (TPSA) is 59.6 Å². The number of carbonyl (C=O) groups excluding carboxylic acids is 1. The van der Waals surface area contributed by atoms with E-state index in [9.17, 15) is 4.79 Å². The van der Waals surface area contributed by atoms with Crippen LogP contribution < -0.4 is 15.4 Å². The molecule has 1 amide bonds. The molecule has 5 nitrogen and oxygen atoms in total. The first-order valence-corrected chi connectivity index (χ1v) is 8.49. The molecular formula is C19H22N2O3S. The first-order chi connectivity index (χ1) is 12.1. The van der Waals surface area contributed by atoms with Crippen molar-refractivity contribution in [2.45, 2.75) is 13.8 Å². The highest BCUT2D eigenvalue weighted by molar-refractivity contribution is 7.80.